The Kier molecular flexibility index (Phi) is 3.82. The van der Waals surface area contributed by atoms with E-state index in [-0.39, 0.29) is 0 Å². The lowest BCUT2D eigenvalue weighted by molar-refractivity contribution is 0.482. The van der Waals surface area contributed by atoms with Crippen LogP contribution in [0.15, 0.2) is 40.9 Å². The number of nitrogens with two attached hydrogens (primary N) is 1. The molecule has 0 fully saturated rings. The number of para-hydroxylation sites is 1. The second kappa shape index (κ2) is 5.17. The van der Waals surface area contributed by atoms with Crippen LogP contribution in [0.25, 0.3) is 0 Å². The molecule has 0 atom stereocenters. The molecule has 2 rings (SSSR count). The number of halogens is 3. The average Bonchev–Trinajstić information content (AvgIpc) is 2.29. The summed E-state index contributed by atoms with van der Waals surface area (Å²) in [6, 6.07) is 10.6. The number of hydrogen-bond donors (Lipinski definition) is 1. The normalized spacial score (nSPS) is 10.3. The fourth-order valence-corrected chi connectivity index (χ4v) is 1.97. The molecule has 2 N–H and O–H groups in total. The summed E-state index contributed by atoms with van der Waals surface area (Å²) in [5.41, 5.74) is 6.24. The summed E-state index contributed by atoms with van der Waals surface area (Å²) in [4.78, 5) is 0. The van der Waals surface area contributed by atoms with Gasteiger partial charge in [0.1, 0.15) is 5.75 Å². The molecule has 0 unspecified atom stereocenters. The predicted molar refractivity (Wildman–Crippen MR) is 75.1 cm³/mol. The summed E-state index contributed by atoms with van der Waals surface area (Å²) in [7, 11) is 0. The summed E-state index contributed by atoms with van der Waals surface area (Å²) in [5.74, 6) is 1.14. The lowest BCUT2D eigenvalue weighted by atomic mass is 10.3. The Balaban J connectivity index is 2.37. The van der Waals surface area contributed by atoms with Gasteiger partial charge < -0.3 is 10.5 Å². The van der Waals surface area contributed by atoms with Crippen LogP contribution in [-0.2, 0) is 0 Å². The van der Waals surface area contributed by atoms with Crippen LogP contribution >= 0.6 is 39.1 Å². The number of nitrogen functional groups attached to an aromatic ring is 1. The van der Waals surface area contributed by atoms with E-state index in [0.717, 1.165) is 4.47 Å². The first kappa shape index (κ1) is 12.6. The van der Waals surface area contributed by atoms with Crippen molar-refractivity contribution in [1.82, 2.24) is 0 Å². The van der Waals surface area contributed by atoms with Gasteiger partial charge in [0.25, 0.3) is 0 Å². The van der Waals surface area contributed by atoms with E-state index in [1.165, 1.54) is 0 Å². The summed E-state index contributed by atoms with van der Waals surface area (Å²) in [5, 5.41) is 0.812. The number of benzene rings is 2. The second-order valence-corrected chi connectivity index (χ2v) is 5.01. The minimum absolute atomic E-state index is 0.405. The molecular formula is C12H8BrCl2NO. The summed E-state index contributed by atoms with van der Waals surface area (Å²) < 4.78 is 6.50. The van der Waals surface area contributed by atoms with E-state index in [4.69, 9.17) is 33.7 Å². The molecule has 0 saturated carbocycles. The zero-order valence-corrected chi connectivity index (χ0v) is 11.7. The van der Waals surface area contributed by atoms with Crippen LogP contribution in [0.1, 0.15) is 0 Å². The number of anilines is 1. The smallest absolute Gasteiger partial charge is 0.151 e. The van der Waals surface area contributed by atoms with Crippen LogP contribution in [-0.4, -0.2) is 0 Å². The molecule has 2 aromatic carbocycles. The van der Waals surface area contributed by atoms with Gasteiger partial charge in [-0.05, 0) is 34.1 Å². The fraction of sp³-hybridized carbons (Fsp3) is 0. The summed E-state index contributed by atoms with van der Waals surface area (Å²) >= 11 is 15.1. The van der Waals surface area contributed by atoms with E-state index in [2.05, 4.69) is 15.9 Å². The maximum absolute atomic E-state index is 5.91. The molecule has 0 heterocycles. The molecule has 0 bridgehead atoms. The molecule has 88 valence electrons. The van der Waals surface area contributed by atoms with Gasteiger partial charge >= 0.3 is 0 Å². The standard InChI is InChI=1S/C12H8BrCl2NO/c13-7-3-1-2-4-11(7)17-12-6-9(15)8(14)5-10(12)16/h1-6H,16H2. The molecule has 0 aliphatic heterocycles. The van der Waals surface area contributed by atoms with Crippen LogP contribution in [0, 0.1) is 0 Å². The van der Waals surface area contributed by atoms with Gasteiger partial charge in [0.05, 0.1) is 20.2 Å². The Morgan fingerprint density at radius 3 is 2.35 bits per heavy atom. The van der Waals surface area contributed by atoms with Gasteiger partial charge in [0, 0.05) is 6.07 Å². The quantitative estimate of drug-likeness (QED) is 0.773. The first-order valence-corrected chi connectivity index (χ1v) is 6.29. The zero-order chi connectivity index (χ0) is 12.4. The highest BCUT2D eigenvalue weighted by molar-refractivity contribution is 9.10. The third-order valence-corrected chi connectivity index (χ3v) is 3.49. The maximum atomic E-state index is 5.91. The minimum atomic E-state index is 0.405. The van der Waals surface area contributed by atoms with Crippen molar-refractivity contribution >= 4 is 44.8 Å². The highest BCUT2D eigenvalue weighted by Crippen LogP contribution is 2.37. The van der Waals surface area contributed by atoms with Gasteiger partial charge in [0.15, 0.2) is 5.75 Å². The molecule has 2 nitrogen and oxygen atoms in total. The van der Waals surface area contributed by atoms with Gasteiger partial charge in [-0.15, -0.1) is 0 Å². The Hall–Kier alpha value is -0.900. The van der Waals surface area contributed by atoms with Gasteiger partial charge in [-0.1, -0.05) is 35.3 Å². The van der Waals surface area contributed by atoms with E-state index in [1.807, 2.05) is 24.3 Å². The molecule has 0 spiro atoms. The second-order valence-electron chi connectivity index (χ2n) is 3.34. The molecular weight excluding hydrogens is 325 g/mol. The largest absolute Gasteiger partial charge is 0.454 e. The van der Waals surface area contributed by atoms with Crippen LogP contribution < -0.4 is 10.5 Å². The van der Waals surface area contributed by atoms with Crippen molar-refractivity contribution in [2.24, 2.45) is 0 Å². The van der Waals surface area contributed by atoms with Crippen molar-refractivity contribution in [2.45, 2.75) is 0 Å². The molecule has 0 aromatic heterocycles. The Labute approximate surface area is 117 Å². The van der Waals surface area contributed by atoms with Crippen molar-refractivity contribution in [2.75, 3.05) is 5.73 Å². The maximum Gasteiger partial charge on any atom is 0.151 e. The van der Waals surface area contributed by atoms with E-state index in [0.29, 0.717) is 27.2 Å². The van der Waals surface area contributed by atoms with Gasteiger partial charge in [-0.25, -0.2) is 0 Å². The van der Waals surface area contributed by atoms with E-state index in [1.54, 1.807) is 12.1 Å². The van der Waals surface area contributed by atoms with Crippen molar-refractivity contribution in [3.8, 4) is 11.5 Å². The SMILES string of the molecule is Nc1cc(Cl)c(Cl)cc1Oc1ccccc1Br. The van der Waals surface area contributed by atoms with Crippen LogP contribution in [0.3, 0.4) is 0 Å². The lowest BCUT2D eigenvalue weighted by Gasteiger charge is -2.10. The number of rotatable bonds is 2. The average molecular weight is 333 g/mol. The third kappa shape index (κ3) is 2.86. The van der Waals surface area contributed by atoms with Crippen molar-refractivity contribution < 1.29 is 4.74 Å². The van der Waals surface area contributed by atoms with E-state index >= 15 is 0 Å². The van der Waals surface area contributed by atoms with E-state index < -0.39 is 0 Å². The summed E-state index contributed by atoms with van der Waals surface area (Å²) in [6.07, 6.45) is 0. The molecule has 0 aliphatic carbocycles. The molecule has 5 heteroatoms. The fourth-order valence-electron chi connectivity index (χ4n) is 1.28. The van der Waals surface area contributed by atoms with Crippen LogP contribution in [0.4, 0.5) is 5.69 Å². The third-order valence-electron chi connectivity index (χ3n) is 2.11. The van der Waals surface area contributed by atoms with E-state index in [9.17, 15) is 0 Å². The molecule has 0 saturated heterocycles. The topological polar surface area (TPSA) is 35.2 Å². The predicted octanol–water partition coefficient (Wildman–Crippen LogP) is 5.13. The molecule has 17 heavy (non-hydrogen) atoms. The van der Waals surface area contributed by atoms with Crippen LogP contribution in [0.5, 0.6) is 11.5 Å². The Morgan fingerprint density at radius 1 is 1.00 bits per heavy atom. The summed E-state index contributed by atoms with van der Waals surface area (Å²) in [6.45, 7) is 0. The first-order valence-electron chi connectivity index (χ1n) is 4.75. The molecule has 2 aromatic rings. The Morgan fingerprint density at radius 2 is 1.65 bits per heavy atom. The monoisotopic (exact) mass is 331 g/mol. The number of ether oxygens (including phenoxy) is 1. The lowest BCUT2D eigenvalue weighted by Crippen LogP contribution is -1.93. The van der Waals surface area contributed by atoms with Gasteiger partial charge in [-0.2, -0.15) is 0 Å². The van der Waals surface area contributed by atoms with Crippen molar-refractivity contribution in [1.29, 1.82) is 0 Å². The van der Waals surface area contributed by atoms with Gasteiger partial charge in [0.2, 0.25) is 0 Å². The number of hydrogen-bond acceptors (Lipinski definition) is 2. The van der Waals surface area contributed by atoms with Crippen molar-refractivity contribution in [3.63, 3.8) is 0 Å². The Bertz CT molecular complexity index is 560. The zero-order valence-electron chi connectivity index (χ0n) is 8.58. The first-order chi connectivity index (χ1) is 8.08. The van der Waals surface area contributed by atoms with Crippen molar-refractivity contribution in [3.05, 3.63) is 50.9 Å². The highest BCUT2D eigenvalue weighted by atomic mass is 79.9. The molecule has 0 aliphatic rings. The highest BCUT2D eigenvalue weighted by Gasteiger charge is 2.08. The minimum Gasteiger partial charge on any atom is -0.454 e. The van der Waals surface area contributed by atoms with Gasteiger partial charge in [-0.3, -0.25) is 0 Å². The van der Waals surface area contributed by atoms with Crippen LogP contribution in [0.2, 0.25) is 10.0 Å². The molecule has 0 radical (unpaired) electrons. The molecule has 0 amide bonds.